The number of ether oxygens (including phenoxy) is 1. The molecule has 102 valence electrons. The zero-order valence-corrected chi connectivity index (χ0v) is 11.5. The van der Waals surface area contributed by atoms with Crippen molar-refractivity contribution in [3.05, 3.63) is 23.8 Å². The Morgan fingerprint density at radius 1 is 1.37 bits per heavy atom. The van der Waals surface area contributed by atoms with Crippen molar-refractivity contribution >= 4 is 22.8 Å². The van der Waals surface area contributed by atoms with Gasteiger partial charge in [-0.15, -0.1) is 0 Å². The lowest BCUT2D eigenvalue weighted by Crippen LogP contribution is -2.30. The summed E-state index contributed by atoms with van der Waals surface area (Å²) in [6.07, 6.45) is 0. The first-order chi connectivity index (χ1) is 9.35. The summed E-state index contributed by atoms with van der Waals surface area (Å²) in [5, 5.41) is 9.29. The molecule has 0 bridgehead atoms. The zero-order chi connectivity index (χ0) is 13.1. The molecule has 1 atom stereocenters. The number of hydrogen-bond donors (Lipinski definition) is 1. The first-order valence-electron chi connectivity index (χ1n) is 6.47. The van der Waals surface area contributed by atoms with Crippen LogP contribution in [0.25, 0.3) is 11.0 Å². The van der Waals surface area contributed by atoms with Gasteiger partial charge in [0.25, 0.3) is 0 Å². The molecule has 2 heterocycles. The van der Waals surface area contributed by atoms with E-state index in [0.29, 0.717) is 6.61 Å². The molecule has 1 fully saturated rings. The quantitative estimate of drug-likeness (QED) is 0.913. The van der Waals surface area contributed by atoms with Crippen LogP contribution in [0.3, 0.4) is 0 Å². The molecule has 1 saturated heterocycles. The van der Waals surface area contributed by atoms with Crippen LogP contribution in [-0.4, -0.2) is 51.7 Å². The maximum atomic E-state index is 9.29. The van der Waals surface area contributed by atoms with Crippen LogP contribution in [0.15, 0.2) is 18.2 Å². The average molecular weight is 279 g/mol. The number of rotatable bonds is 3. The van der Waals surface area contributed by atoms with Gasteiger partial charge in [-0.05, 0) is 17.7 Å². The van der Waals surface area contributed by atoms with Gasteiger partial charge in [-0.3, -0.25) is 4.90 Å². The summed E-state index contributed by atoms with van der Waals surface area (Å²) >= 11 is 1.25. The van der Waals surface area contributed by atoms with Gasteiger partial charge in [0.1, 0.15) is 11.0 Å². The summed E-state index contributed by atoms with van der Waals surface area (Å²) in [5.41, 5.74) is 3.16. The lowest BCUT2D eigenvalue weighted by Gasteiger charge is -2.22. The minimum atomic E-state index is 0.186. The molecule has 1 aliphatic rings. The molecule has 1 aromatic carbocycles. The first-order valence-corrected chi connectivity index (χ1v) is 7.20. The van der Waals surface area contributed by atoms with Gasteiger partial charge in [-0.1, -0.05) is 6.07 Å². The molecular weight excluding hydrogens is 262 g/mol. The van der Waals surface area contributed by atoms with E-state index in [1.54, 1.807) is 0 Å². The molecule has 2 aromatic rings. The van der Waals surface area contributed by atoms with Crippen LogP contribution in [0.5, 0.6) is 0 Å². The van der Waals surface area contributed by atoms with Crippen molar-refractivity contribution in [2.24, 2.45) is 5.92 Å². The lowest BCUT2D eigenvalue weighted by atomic mass is 10.1. The van der Waals surface area contributed by atoms with Crippen LogP contribution >= 0.6 is 11.7 Å². The van der Waals surface area contributed by atoms with Crippen molar-refractivity contribution < 1.29 is 9.84 Å². The van der Waals surface area contributed by atoms with Gasteiger partial charge < -0.3 is 9.84 Å². The lowest BCUT2D eigenvalue weighted by molar-refractivity contribution is 0.0958. The van der Waals surface area contributed by atoms with Gasteiger partial charge in [-0.2, -0.15) is 8.75 Å². The van der Waals surface area contributed by atoms with Crippen molar-refractivity contribution in [1.29, 1.82) is 0 Å². The third-order valence-corrected chi connectivity index (χ3v) is 3.96. The molecule has 1 N–H and O–H groups in total. The van der Waals surface area contributed by atoms with Gasteiger partial charge in [0.05, 0.1) is 24.9 Å². The standard InChI is InChI=1S/C13H17N3O2S/c17-8-11-7-16(3-4-18-9-11)6-10-1-2-12-13(5-10)15-19-14-12/h1-2,5,11,17H,3-4,6-9H2/t11-/m0/s1. The predicted octanol–water partition coefficient (Wildman–Crippen LogP) is 1.13. The Kier molecular flexibility index (Phi) is 4.03. The topological polar surface area (TPSA) is 58.5 Å². The van der Waals surface area contributed by atoms with E-state index in [4.69, 9.17) is 4.74 Å². The number of aliphatic hydroxyl groups excluding tert-OH is 1. The fraction of sp³-hybridized carbons (Fsp3) is 0.538. The minimum absolute atomic E-state index is 0.186. The van der Waals surface area contributed by atoms with E-state index in [-0.39, 0.29) is 12.5 Å². The maximum absolute atomic E-state index is 9.29. The van der Waals surface area contributed by atoms with Crippen LogP contribution in [0, 0.1) is 5.92 Å². The molecular formula is C13H17N3O2S. The minimum Gasteiger partial charge on any atom is -0.396 e. The molecule has 0 spiro atoms. The second-order valence-electron chi connectivity index (χ2n) is 4.95. The Hall–Kier alpha value is -1.08. The maximum Gasteiger partial charge on any atom is 0.105 e. The summed E-state index contributed by atoms with van der Waals surface area (Å²) in [6.45, 7) is 4.23. The molecule has 1 aromatic heterocycles. The Balaban J connectivity index is 1.71. The van der Waals surface area contributed by atoms with Crippen LogP contribution in [-0.2, 0) is 11.3 Å². The van der Waals surface area contributed by atoms with Crippen molar-refractivity contribution in [2.45, 2.75) is 6.54 Å². The monoisotopic (exact) mass is 279 g/mol. The highest BCUT2D eigenvalue weighted by Gasteiger charge is 2.18. The van der Waals surface area contributed by atoms with Crippen LogP contribution in [0.1, 0.15) is 5.56 Å². The van der Waals surface area contributed by atoms with Crippen molar-refractivity contribution in [3.8, 4) is 0 Å². The molecule has 0 amide bonds. The highest BCUT2D eigenvalue weighted by Crippen LogP contribution is 2.16. The van der Waals surface area contributed by atoms with E-state index < -0.39 is 0 Å². The Labute approximate surface area is 116 Å². The fourth-order valence-corrected chi connectivity index (χ4v) is 2.91. The number of nitrogens with zero attached hydrogens (tertiary/aromatic N) is 3. The fourth-order valence-electron chi connectivity index (χ4n) is 2.39. The molecule has 0 unspecified atom stereocenters. The first kappa shape index (κ1) is 12.9. The molecule has 0 radical (unpaired) electrons. The van der Waals surface area contributed by atoms with Gasteiger partial charge in [0.15, 0.2) is 0 Å². The van der Waals surface area contributed by atoms with E-state index >= 15 is 0 Å². The highest BCUT2D eigenvalue weighted by molar-refractivity contribution is 7.00. The Morgan fingerprint density at radius 3 is 3.16 bits per heavy atom. The molecule has 3 rings (SSSR count). The molecule has 1 aliphatic heterocycles. The van der Waals surface area contributed by atoms with E-state index in [1.807, 2.05) is 6.07 Å². The van der Waals surface area contributed by atoms with Gasteiger partial charge in [0.2, 0.25) is 0 Å². The van der Waals surface area contributed by atoms with Crippen molar-refractivity contribution in [3.63, 3.8) is 0 Å². The Morgan fingerprint density at radius 2 is 2.26 bits per heavy atom. The average Bonchev–Trinajstić information content (AvgIpc) is 2.77. The van der Waals surface area contributed by atoms with Crippen molar-refractivity contribution in [2.75, 3.05) is 32.9 Å². The second kappa shape index (κ2) is 5.92. The molecule has 0 aliphatic carbocycles. The number of fused-ring (bicyclic) bond motifs is 1. The largest absolute Gasteiger partial charge is 0.396 e. The molecule has 6 heteroatoms. The second-order valence-corrected chi connectivity index (χ2v) is 5.47. The summed E-state index contributed by atoms with van der Waals surface area (Å²) in [7, 11) is 0. The molecule has 0 saturated carbocycles. The highest BCUT2D eigenvalue weighted by atomic mass is 32.1. The number of benzene rings is 1. The Bertz CT molecular complexity index is 545. The van der Waals surface area contributed by atoms with E-state index in [1.165, 1.54) is 17.3 Å². The van der Waals surface area contributed by atoms with E-state index in [0.717, 1.165) is 37.3 Å². The van der Waals surface area contributed by atoms with Crippen LogP contribution < -0.4 is 0 Å². The summed E-state index contributed by atoms with van der Waals surface area (Å²) in [6, 6.07) is 6.22. The normalized spacial score (nSPS) is 21.6. The summed E-state index contributed by atoms with van der Waals surface area (Å²) in [5.74, 6) is 0.215. The molecule has 5 nitrogen and oxygen atoms in total. The van der Waals surface area contributed by atoms with Gasteiger partial charge in [0, 0.05) is 32.2 Å². The van der Waals surface area contributed by atoms with Crippen LogP contribution in [0.4, 0.5) is 0 Å². The van der Waals surface area contributed by atoms with E-state index in [9.17, 15) is 5.11 Å². The molecule has 19 heavy (non-hydrogen) atoms. The number of hydrogen-bond acceptors (Lipinski definition) is 6. The summed E-state index contributed by atoms with van der Waals surface area (Å²) < 4.78 is 14.0. The smallest absolute Gasteiger partial charge is 0.105 e. The van der Waals surface area contributed by atoms with Gasteiger partial charge in [-0.25, -0.2) is 0 Å². The third kappa shape index (κ3) is 3.09. The summed E-state index contributed by atoms with van der Waals surface area (Å²) in [4.78, 5) is 2.33. The third-order valence-electron chi connectivity index (χ3n) is 3.40. The SMILES string of the molecule is OC[C@H]1COCCN(Cc2ccc3nsnc3c2)C1. The predicted molar refractivity (Wildman–Crippen MR) is 74.1 cm³/mol. The number of aliphatic hydroxyl groups is 1. The van der Waals surface area contributed by atoms with E-state index in [2.05, 4.69) is 25.8 Å². The zero-order valence-electron chi connectivity index (χ0n) is 10.7. The van der Waals surface area contributed by atoms with Crippen LogP contribution in [0.2, 0.25) is 0 Å². The van der Waals surface area contributed by atoms with Gasteiger partial charge >= 0.3 is 0 Å². The van der Waals surface area contributed by atoms with Crippen molar-refractivity contribution in [1.82, 2.24) is 13.6 Å². The number of aromatic nitrogens is 2.